The molecule has 3 rings (SSSR count). The molecule has 1 saturated carbocycles. The highest BCUT2D eigenvalue weighted by Crippen LogP contribution is 2.38. The Hall–Kier alpha value is -2.20. The van der Waals surface area contributed by atoms with Crippen molar-refractivity contribution in [2.24, 2.45) is 5.92 Å². The first-order chi connectivity index (χ1) is 13.9. The maximum Gasteiger partial charge on any atom is 0.416 e. The summed E-state index contributed by atoms with van der Waals surface area (Å²) in [4.78, 5) is 11.3. The molecule has 4 nitrogen and oxygen atoms in total. The van der Waals surface area contributed by atoms with Gasteiger partial charge >= 0.3 is 6.18 Å². The summed E-state index contributed by atoms with van der Waals surface area (Å²) in [5.41, 5.74) is -1.37. The van der Waals surface area contributed by atoms with Crippen LogP contribution >= 0.6 is 11.6 Å². The monoisotopic (exact) mass is 467 g/mol. The van der Waals surface area contributed by atoms with Gasteiger partial charge in [-0.3, -0.25) is 4.79 Å². The molecule has 0 heterocycles. The highest BCUT2D eigenvalue weighted by molar-refractivity contribution is 7.92. The van der Waals surface area contributed by atoms with Gasteiger partial charge in [0.2, 0.25) is 0 Å². The molecule has 30 heavy (non-hydrogen) atoms. The highest BCUT2D eigenvalue weighted by Gasteiger charge is 2.41. The number of benzene rings is 2. The van der Waals surface area contributed by atoms with Crippen molar-refractivity contribution in [1.82, 2.24) is 5.32 Å². The summed E-state index contributed by atoms with van der Waals surface area (Å²) in [6.45, 7) is 0.0932. The van der Waals surface area contributed by atoms with Crippen LogP contribution < -0.4 is 5.32 Å². The van der Waals surface area contributed by atoms with Crippen LogP contribution in [0.1, 0.15) is 28.8 Å². The standard InChI is InChI=1S/C19H15ClF5NO3S/c20-13-3-11(4-14(21)7-13)18(27)26-9-10-1-16(2-10)30(28,29)17-6-12(19(23,24)25)5-15(22)8-17/h3-8,10,16H,1-2,9H2,(H,26,27)/t10-,16-. The second kappa shape index (κ2) is 8.14. The van der Waals surface area contributed by atoms with Gasteiger partial charge in [-0.25, -0.2) is 17.2 Å². The van der Waals surface area contributed by atoms with E-state index in [2.05, 4.69) is 5.32 Å². The van der Waals surface area contributed by atoms with E-state index in [0.29, 0.717) is 12.1 Å². The lowest BCUT2D eigenvalue weighted by Gasteiger charge is -2.35. The first-order valence-corrected chi connectivity index (χ1v) is 10.6. The van der Waals surface area contributed by atoms with Crippen LogP contribution in [0.4, 0.5) is 22.0 Å². The molecule has 0 aromatic heterocycles. The molecule has 162 valence electrons. The second-order valence-corrected chi connectivity index (χ2v) is 9.71. The van der Waals surface area contributed by atoms with E-state index in [1.807, 2.05) is 0 Å². The largest absolute Gasteiger partial charge is 0.416 e. The highest BCUT2D eigenvalue weighted by atomic mass is 35.5. The van der Waals surface area contributed by atoms with Gasteiger partial charge in [0.1, 0.15) is 11.6 Å². The Balaban J connectivity index is 1.62. The molecular formula is C19H15ClF5NO3S. The van der Waals surface area contributed by atoms with Gasteiger partial charge in [-0.05, 0) is 55.2 Å². The van der Waals surface area contributed by atoms with Gasteiger partial charge in [0.05, 0.1) is 15.7 Å². The zero-order chi connectivity index (χ0) is 22.3. The minimum atomic E-state index is -4.88. The quantitative estimate of drug-likeness (QED) is 0.653. The average molecular weight is 468 g/mol. The van der Waals surface area contributed by atoms with Gasteiger partial charge < -0.3 is 5.32 Å². The van der Waals surface area contributed by atoms with E-state index in [9.17, 15) is 35.2 Å². The average Bonchev–Trinajstić information content (AvgIpc) is 2.57. The number of sulfone groups is 1. The maximum atomic E-state index is 13.5. The number of carbonyl (C=O) groups excluding carboxylic acids is 1. The number of nitrogens with one attached hydrogen (secondary N) is 1. The van der Waals surface area contributed by atoms with E-state index in [1.165, 1.54) is 6.07 Å². The van der Waals surface area contributed by atoms with Crippen molar-refractivity contribution in [2.75, 3.05) is 6.54 Å². The van der Waals surface area contributed by atoms with E-state index in [1.54, 1.807) is 0 Å². The third-order valence-corrected chi connectivity index (χ3v) is 7.21. The topological polar surface area (TPSA) is 63.2 Å². The Labute approximate surface area is 174 Å². The minimum Gasteiger partial charge on any atom is -0.352 e. The first kappa shape index (κ1) is 22.5. The molecule has 0 aliphatic heterocycles. The van der Waals surface area contributed by atoms with E-state index < -0.39 is 49.3 Å². The van der Waals surface area contributed by atoms with Gasteiger partial charge in [-0.2, -0.15) is 13.2 Å². The molecule has 1 fully saturated rings. The lowest BCUT2D eigenvalue weighted by atomic mass is 9.85. The van der Waals surface area contributed by atoms with Crippen molar-refractivity contribution in [2.45, 2.75) is 29.2 Å². The van der Waals surface area contributed by atoms with Crippen LogP contribution in [-0.2, 0) is 16.0 Å². The van der Waals surface area contributed by atoms with Crippen LogP contribution in [0.3, 0.4) is 0 Å². The molecule has 0 radical (unpaired) electrons. The first-order valence-electron chi connectivity index (χ1n) is 8.72. The fourth-order valence-electron chi connectivity index (χ4n) is 3.20. The van der Waals surface area contributed by atoms with E-state index in [4.69, 9.17) is 11.6 Å². The van der Waals surface area contributed by atoms with Gasteiger partial charge in [0.15, 0.2) is 9.84 Å². The summed E-state index contributed by atoms with van der Waals surface area (Å²) in [7, 11) is -4.16. The molecule has 0 atom stereocenters. The predicted molar refractivity (Wildman–Crippen MR) is 98.8 cm³/mol. The normalized spacial score (nSPS) is 19.3. The molecule has 1 aliphatic carbocycles. The lowest BCUT2D eigenvalue weighted by Crippen LogP contribution is -2.42. The summed E-state index contributed by atoms with van der Waals surface area (Å²) >= 11 is 5.69. The van der Waals surface area contributed by atoms with Crippen LogP contribution in [0.5, 0.6) is 0 Å². The Bertz CT molecular complexity index is 1060. The lowest BCUT2D eigenvalue weighted by molar-refractivity contribution is -0.137. The third-order valence-electron chi connectivity index (χ3n) is 4.83. The molecule has 11 heteroatoms. The number of amides is 1. The predicted octanol–water partition coefficient (Wildman–Crippen LogP) is 4.62. The van der Waals surface area contributed by atoms with Gasteiger partial charge in [-0.15, -0.1) is 0 Å². The van der Waals surface area contributed by atoms with Gasteiger partial charge in [-0.1, -0.05) is 11.6 Å². The molecule has 0 unspecified atom stereocenters. The zero-order valence-electron chi connectivity index (χ0n) is 15.1. The van der Waals surface area contributed by atoms with Crippen molar-refractivity contribution in [1.29, 1.82) is 0 Å². The summed E-state index contributed by atoms with van der Waals surface area (Å²) in [6, 6.07) is 4.52. The van der Waals surface area contributed by atoms with Crippen LogP contribution in [0.2, 0.25) is 5.02 Å². The van der Waals surface area contributed by atoms with Crippen LogP contribution in [0.25, 0.3) is 0 Å². The fourth-order valence-corrected chi connectivity index (χ4v) is 5.43. The van der Waals surface area contributed by atoms with Crippen molar-refractivity contribution < 1.29 is 35.2 Å². The van der Waals surface area contributed by atoms with E-state index in [-0.39, 0.29) is 42.0 Å². The third kappa shape index (κ3) is 4.92. The van der Waals surface area contributed by atoms with Crippen LogP contribution in [0.15, 0.2) is 41.3 Å². The number of carbonyl (C=O) groups is 1. The summed E-state index contributed by atoms with van der Waals surface area (Å²) in [6.07, 6.45) is -4.70. The SMILES string of the molecule is O=C(NC[C@H]1C[C@H](S(=O)(=O)c2cc(F)cc(C(F)(F)F)c2)C1)c1cc(F)cc(Cl)c1. The molecule has 2 aromatic carbocycles. The Morgan fingerprint density at radius 3 is 2.27 bits per heavy atom. The van der Waals surface area contributed by atoms with Crippen molar-refractivity contribution in [3.8, 4) is 0 Å². The summed E-state index contributed by atoms with van der Waals surface area (Å²) in [5.74, 6) is -2.81. The second-order valence-electron chi connectivity index (χ2n) is 7.05. The molecule has 0 bridgehead atoms. The molecule has 1 amide bonds. The van der Waals surface area contributed by atoms with Crippen molar-refractivity contribution in [3.63, 3.8) is 0 Å². The number of rotatable bonds is 5. The molecule has 2 aromatic rings. The number of hydrogen-bond donors (Lipinski definition) is 1. The summed E-state index contributed by atoms with van der Waals surface area (Å²) < 4.78 is 90.4. The fraction of sp³-hybridized carbons (Fsp3) is 0.316. The van der Waals surface area contributed by atoms with Gasteiger partial charge in [0, 0.05) is 17.1 Å². The Kier molecular flexibility index (Phi) is 6.10. The molecule has 0 saturated heterocycles. The maximum absolute atomic E-state index is 13.5. The minimum absolute atomic E-state index is 0.00272. The van der Waals surface area contributed by atoms with Crippen molar-refractivity contribution >= 4 is 27.3 Å². The number of hydrogen-bond acceptors (Lipinski definition) is 3. The number of halogens is 6. The summed E-state index contributed by atoms with van der Waals surface area (Å²) in [5, 5.41) is 1.60. The van der Waals surface area contributed by atoms with E-state index >= 15 is 0 Å². The van der Waals surface area contributed by atoms with E-state index in [0.717, 1.165) is 12.1 Å². The molecule has 0 spiro atoms. The smallest absolute Gasteiger partial charge is 0.352 e. The van der Waals surface area contributed by atoms with Crippen LogP contribution in [-0.4, -0.2) is 26.1 Å². The van der Waals surface area contributed by atoms with Gasteiger partial charge in [0.25, 0.3) is 5.91 Å². The Morgan fingerprint density at radius 1 is 1.03 bits per heavy atom. The zero-order valence-corrected chi connectivity index (χ0v) is 16.7. The van der Waals surface area contributed by atoms with Crippen molar-refractivity contribution in [3.05, 3.63) is 64.2 Å². The molecular weight excluding hydrogens is 453 g/mol. The molecule has 1 aliphatic rings. The van der Waals surface area contributed by atoms with Crippen LogP contribution in [0, 0.1) is 17.6 Å². The Morgan fingerprint density at radius 2 is 1.67 bits per heavy atom. The molecule has 1 N–H and O–H groups in total. The number of alkyl halides is 3.